The van der Waals surface area contributed by atoms with Gasteiger partial charge in [0.25, 0.3) is 0 Å². The van der Waals surface area contributed by atoms with Crippen LogP contribution < -0.4 is 10.6 Å². The minimum absolute atomic E-state index is 0.175. The van der Waals surface area contributed by atoms with E-state index in [-0.39, 0.29) is 12.5 Å². The van der Waals surface area contributed by atoms with Crippen LogP contribution in [-0.2, 0) is 0 Å². The molecule has 1 aromatic rings. The fourth-order valence-electron chi connectivity index (χ4n) is 1.29. The summed E-state index contributed by atoms with van der Waals surface area (Å²) in [6.45, 7) is 5.88. The minimum atomic E-state index is 0.175. The molecule has 0 fully saturated rings. The second-order valence-electron chi connectivity index (χ2n) is 4.22. The summed E-state index contributed by atoms with van der Waals surface area (Å²) < 4.78 is 0. The van der Waals surface area contributed by atoms with Gasteiger partial charge >= 0.3 is 0 Å². The van der Waals surface area contributed by atoms with Crippen molar-refractivity contribution >= 4 is 23.4 Å². The SMILES string of the molecule is CCCNc1cc(NCC(C)CO)nc(SC)n1. The first kappa shape index (κ1) is 15.0. The topological polar surface area (TPSA) is 70.1 Å². The Kier molecular flexibility index (Phi) is 6.82. The Balaban J connectivity index is 2.70. The van der Waals surface area contributed by atoms with Gasteiger partial charge < -0.3 is 15.7 Å². The highest BCUT2D eigenvalue weighted by Gasteiger charge is 2.05. The predicted octanol–water partition coefficient (Wildman–Crippen LogP) is 2.06. The third kappa shape index (κ3) is 5.10. The Bertz CT molecular complexity index is 362. The van der Waals surface area contributed by atoms with Crippen molar-refractivity contribution in [3.63, 3.8) is 0 Å². The van der Waals surface area contributed by atoms with Gasteiger partial charge in [-0.15, -0.1) is 0 Å². The quantitative estimate of drug-likeness (QED) is 0.496. The molecule has 1 rings (SSSR count). The van der Waals surface area contributed by atoms with Gasteiger partial charge in [0.1, 0.15) is 11.6 Å². The number of aromatic nitrogens is 2. The Morgan fingerprint density at radius 3 is 2.56 bits per heavy atom. The summed E-state index contributed by atoms with van der Waals surface area (Å²) in [4.78, 5) is 8.77. The number of nitrogens with one attached hydrogen (secondary N) is 2. The number of aliphatic hydroxyl groups is 1. The Hall–Kier alpha value is -1.01. The third-order valence-electron chi connectivity index (χ3n) is 2.39. The minimum Gasteiger partial charge on any atom is -0.396 e. The summed E-state index contributed by atoms with van der Waals surface area (Å²) in [5, 5.41) is 16.2. The normalized spacial score (nSPS) is 12.2. The van der Waals surface area contributed by atoms with E-state index in [4.69, 9.17) is 5.11 Å². The van der Waals surface area contributed by atoms with E-state index in [1.165, 1.54) is 11.8 Å². The van der Waals surface area contributed by atoms with E-state index in [9.17, 15) is 0 Å². The maximum absolute atomic E-state index is 9.00. The molecule has 1 unspecified atom stereocenters. The number of rotatable bonds is 8. The van der Waals surface area contributed by atoms with Crippen LogP contribution in [0.5, 0.6) is 0 Å². The van der Waals surface area contributed by atoms with E-state index in [2.05, 4.69) is 27.5 Å². The zero-order valence-electron chi connectivity index (χ0n) is 11.2. The zero-order chi connectivity index (χ0) is 13.4. The lowest BCUT2D eigenvalue weighted by molar-refractivity contribution is 0.244. The lowest BCUT2D eigenvalue weighted by Crippen LogP contribution is -2.16. The number of anilines is 2. The van der Waals surface area contributed by atoms with Crippen molar-refractivity contribution in [2.45, 2.75) is 25.4 Å². The number of hydrogen-bond donors (Lipinski definition) is 3. The van der Waals surface area contributed by atoms with Gasteiger partial charge in [-0.3, -0.25) is 0 Å². The summed E-state index contributed by atoms with van der Waals surface area (Å²) in [6.07, 6.45) is 3.02. The molecule has 0 aromatic carbocycles. The number of hydrogen-bond acceptors (Lipinski definition) is 6. The summed E-state index contributed by atoms with van der Waals surface area (Å²) >= 11 is 1.52. The molecular formula is C12H22N4OS. The molecule has 18 heavy (non-hydrogen) atoms. The van der Waals surface area contributed by atoms with Gasteiger partial charge in [-0.1, -0.05) is 25.6 Å². The Morgan fingerprint density at radius 2 is 2.00 bits per heavy atom. The molecule has 0 spiro atoms. The van der Waals surface area contributed by atoms with Crippen LogP contribution in [0, 0.1) is 5.92 Å². The Labute approximate surface area is 113 Å². The monoisotopic (exact) mass is 270 g/mol. The highest BCUT2D eigenvalue weighted by molar-refractivity contribution is 7.98. The number of thioether (sulfide) groups is 1. The molecule has 6 heteroatoms. The van der Waals surface area contributed by atoms with Crippen molar-refractivity contribution in [1.29, 1.82) is 0 Å². The second-order valence-corrected chi connectivity index (χ2v) is 4.99. The zero-order valence-corrected chi connectivity index (χ0v) is 12.0. The summed E-state index contributed by atoms with van der Waals surface area (Å²) in [6, 6.07) is 1.90. The van der Waals surface area contributed by atoms with E-state index in [0.29, 0.717) is 6.54 Å². The van der Waals surface area contributed by atoms with Gasteiger partial charge in [-0.2, -0.15) is 0 Å². The standard InChI is InChI=1S/C12H22N4OS/c1-4-5-13-10-6-11(14-7-9(2)8-17)16-12(15-10)18-3/h6,9,17H,4-5,7-8H2,1-3H3,(H2,13,14,15,16). The molecule has 0 amide bonds. The predicted molar refractivity (Wildman–Crippen MR) is 77.3 cm³/mol. The fourth-order valence-corrected chi connectivity index (χ4v) is 1.67. The molecule has 0 aliphatic heterocycles. The first-order valence-electron chi connectivity index (χ1n) is 6.21. The van der Waals surface area contributed by atoms with Crippen molar-refractivity contribution in [2.75, 3.05) is 36.6 Å². The first-order valence-corrected chi connectivity index (χ1v) is 7.43. The second kappa shape index (κ2) is 8.16. The van der Waals surface area contributed by atoms with Gasteiger partial charge in [-0.05, 0) is 18.6 Å². The van der Waals surface area contributed by atoms with Gasteiger partial charge in [0.2, 0.25) is 0 Å². The molecule has 5 nitrogen and oxygen atoms in total. The fraction of sp³-hybridized carbons (Fsp3) is 0.667. The van der Waals surface area contributed by atoms with Crippen molar-refractivity contribution in [2.24, 2.45) is 5.92 Å². The van der Waals surface area contributed by atoms with Crippen LogP contribution in [0.3, 0.4) is 0 Å². The smallest absolute Gasteiger partial charge is 0.191 e. The summed E-state index contributed by atoms with van der Waals surface area (Å²) in [5.74, 6) is 1.85. The maximum atomic E-state index is 9.00. The van der Waals surface area contributed by atoms with Gasteiger partial charge in [0, 0.05) is 25.8 Å². The maximum Gasteiger partial charge on any atom is 0.191 e. The molecule has 1 aromatic heterocycles. The number of aliphatic hydroxyl groups excluding tert-OH is 1. The molecule has 0 saturated carbocycles. The molecule has 102 valence electrons. The van der Waals surface area contributed by atoms with E-state index < -0.39 is 0 Å². The molecule has 0 aliphatic rings. The van der Waals surface area contributed by atoms with E-state index in [1.54, 1.807) is 0 Å². The molecular weight excluding hydrogens is 248 g/mol. The largest absolute Gasteiger partial charge is 0.396 e. The summed E-state index contributed by atoms with van der Waals surface area (Å²) in [7, 11) is 0. The van der Waals surface area contributed by atoms with Gasteiger partial charge in [-0.25, -0.2) is 9.97 Å². The molecule has 0 radical (unpaired) electrons. The lowest BCUT2D eigenvalue weighted by Gasteiger charge is -2.12. The van der Waals surface area contributed by atoms with Crippen molar-refractivity contribution in [1.82, 2.24) is 9.97 Å². The lowest BCUT2D eigenvalue weighted by atomic mass is 10.2. The molecule has 3 N–H and O–H groups in total. The molecule has 0 bridgehead atoms. The average Bonchev–Trinajstić information content (AvgIpc) is 2.42. The van der Waals surface area contributed by atoms with Crippen molar-refractivity contribution in [3.05, 3.63) is 6.07 Å². The summed E-state index contributed by atoms with van der Waals surface area (Å²) in [5.41, 5.74) is 0. The average molecular weight is 270 g/mol. The van der Waals surface area contributed by atoms with Crippen molar-refractivity contribution < 1.29 is 5.11 Å². The number of nitrogens with zero attached hydrogens (tertiary/aromatic N) is 2. The van der Waals surface area contributed by atoms with Crippen molar-refractivity contribution in [3.8, 4) is 0 Å². The van der Waals surface area contributed by atoms with E-state index in [1.807, 2.05) is 19.2 Å². The van der Waals surface area contributed by atoms with Crippen LogP contribution in [-0.4, -0.2) is 41.0 Å². The molecule has 1 heterocycles. The van der Waals surface area contributed by atoms with E-state index >= 15 is 0 Å². The molecule has 1 atom stereocenters. The third-order valence-corrected chi connectivity index (χ3v) is 2.94. The van der Waals surface area contributed by atoms with Crippen LogP contribution in [0.4, 0.5) is 11.6 Å². The van der Waals surface area contributed by atoms with Crippen LogP contribution in [0.2, 0.25) is 0 Å². The highest BCUT2D eigenvalue weighted by Crippen LogP contribution is 2.17. The molecule has 0 saturated heterocycles. The van der Waals surface area contributed by atoms with Crippen LogP contribution in [0.15, 0.2) is 11.2 Å². The van der Waals surface area contributed by atoms with Crippen LogP contribution in [0.1, 0.15) is 20.3 Å². The Morgan fingerprint density at radius 1 is 1.33 bits per heavy atom. The molecule has 0 aliphatic carbocycles. The van der Waals surface area contributed by atoms with Gasteiger partial charge in [0.05, 0.1) is 0 Å². The highest BCUT2D eigenvalue weighted by atomic mass is 32.2. The van der Waals surface area contributed by atoms with Gasteiger partial charge in [0.15, 0.2) is 5.16 Å². The first-order chi connectivity index (χ1) is 8.69. The van der Waals surface area contributed by atoms with Crippen LogP contribution in [0.25, 0.3) is 0 Å². The van der Waals surface area contributed by atoms with E-state index in [0.717, 1.165) is 29.8 Å². The van der Waals surface area contributed by atoms with Crippen LogP contribution >= 0.6 is 11.8 Å².